The predicted molar refractivity (Wildman–Crippen MR) is 80.5 cm³/mol. The van der Waals surface area contributed by atoms with Gasteiger partial charge < -0.3 is 0 Å². The van der Waals surface area contributed by atoms with Crippen LogP contribution >= 0.6 is 15.9 Å². The van der Waals surface area contributed by atoms with E-state index in [1.807, 2.05) is 18.2 Å². The smallest absolute Gasteiger partial charge is 0.186 e. The largest absolute Gasteiger partial charge is 0.292 e. The van der Waals surface area contributed by atoms with Crippen molar-refractivity contribution < 1.29 is 4.79 Å². The second-order valence-corrected chi connectivity index (χ2v) is 5.68. The van der Waals surface area contributed by atoms with Crippen LogP contribution in [0.1, 0.15) is 41.4 Å². The first-order valence-corrected chi connectivity index (χ1v) is 7.10. The molecule has 0 bridgehead atoms. The van der Waals surface area contributed by atoms with E-state index in [0.29, 0.717) is 18.0 Å². The topological polar surface area (TPSA) is 30.0 Å². The molecule has 1 heterocycles. The summed E-state index contributed by atoms with van der Waals surface area (Å²) in [6.07, 6.45) is 2.02. The van der Waals surface area contributed by atoms with E-state index in [0.717, 1.165) is 10.0 Å². The summed E-state index contributed by atoms with van der Waals surface area (Å²) in [5.41, 5.74) is 2.80. The van der Waals surface area contributed by atoms with Crippen molar-refractivity contribution in [3.63, 3.8) is 0 Å². The summed E-state index contributed by atoms with van der Waals surface area (Å²) < 4.78 is 0.749. The number of aromatic nitrogens is 1. The Morgan fingerprint density at radius 1 is 1.21 bits per heavy atom. The number of hydrogen-bond donors (Lipinski definition) is 0. The van der Waals surface area contributed by atoms with Gasteiger partial charge in [0.15, 0.2) is 5.78 Å². The van der Waals surface area contributed by atoms with Gasteiger partial charge in [-0.2, -0.15) is 0 Å². The van der Waals surface area contributed by atoms with E-state index in [-0.39, 0.29) is 5.78 Å². The van der Waals surface area contributed by atoms with Crippen LogP contribution in [0, 0.1) is 0 Å². The van der Waals surface area contributed by atoms with Gasteiger partial charge in [0, 0.05) is 17.1 Å². The molecule has 2 nitrogen and oxygen atoms in total. The molecule has 0 radical (unpaired) electrons. The molecule has 0 aliphatic carbocycles. The zero-order valence-corrected chi connectivity index (χ0v) is 12.6. The molecule has 0 aliphatic heterocycles. The first-order valence-electron chi connectivity index (χ1n) is 6.30. The molecule has 1 aromatic heterocycles. The number of carbonyl (C=O) groups is 1. The van der Waals surface area contributed by atoms with Gasteiger partial charge >= 0.3 is 0 Å². The van der Waals surface area contributed by atoms with Crippen LogP contribution in [0.2, 0.25) is 0 Å². The molecule has 0 saturated carbocycles. The van der Waals surface area contributed by atoms with E-state index in [4.69, 9.17) is 0 Å². The van der Waals surface area contributed by atoms with Gasteiger partial charge in [0.05, 0.1) is 0 Å². The molecule has 0 fully saturated rings. The van der Waals surface area contributed by atoms with Crippen LogP contribution in [0.15, 0.2) is 47.1 Å². The van der Waals surface area contributed by atoms with Crippen molar-refractivity contribution in [2.45, 2.75) is 26.2 Å². The molecule has 3 heteroatoms. The van der Waals surface area contributed by atoms with Crippen molar-refractivity contribution in [1.29, 1.82) is 0 Å². The van der Waals surface area contributed by atoms with Crippen molar-refractivity contribution in [1.82, 2.24) is 4.98 Å². The minimum Gasteiger partial charge on any atom is -0.292 e. The summed E-state index contributed by atoms with van der Waals surface area (Å²) in [6, 6.07) is 11.8. The van der Waals surface area contributed by atoms with E-state index < -0.39 is 0 Å². The number of rotatable bonds is 4. The summed E-state index contributed by atoms with van der Waals surface area (Å²) in [4.78, 5) is 16.3. The standard InChI is InChI=1S/C16H16BrNO/c1-11(2)13-7-5-12(6-8-13)10-15(19)16-14(17)4-3-9-18-16/h3-9,11H,10H2,1-2H3. The van der Waals surface area contributed by atoms with Crippen LogP contribution in [0.5, 0.6) is 0 Å². The minimum atomic E-state index is 0.0322. The van der Waals surface area contributed by atoms with Crippen LogP contribution in [0.3, 0.4) is 0 Å². The first kappa shape index (κ1) is 13.9. The maximum Gasteiger partial charge on any atom is 0.186 e. The Hall–Kier alpha value is -1.48. The average Bonchev–Trinajstić information content (AvgIpc) is 2.39. The zero-order valence-electron chi connectivity index (χ0n) is 11.1. The molecule has 2 aromatic rings. The maximum atomic E-state index is 12.2. The second kappa shape index (κ2) is 6.11. The Kier molecular flexibility index (Phi) is 4.48. The van der Waals surface area contributed by atoms with Gasteiger partial charge in [-0.25, -0.2) is 0 Å². The summed E-state index contributed by atoms with van der Waals surface area (Å²) in [5.74, 6) is 0.541. The number of benzene rings is 1. The molecular formula is C16H16BrNO. The van der Waals surface area contributed by atoms with Gasteiger partial charge in [0.2, 0.25) is 0 Å². The van der Waals surface area contributed by atoms with E-state index in [9.17, 15) is 4.79 Å². The van der Waals surface area contributed by atoms with Gasteiger partial charge in [-0.15, -0.1) is 0 Å². The zero-order chi connectivity index (χ0) is 13.8. The molecule has 0 spiro atoms. The van der Waals surface area contributed by atoms with Crippen LogP contribution in [-0.2, 0) is 6.42 Å². The Morgan fingerprint density at radius 2 is 1.89 bits per heavy atom. The van der Waals surface area contributed by atoms with E-state index in [2.05, 4.69) is 46.9 Å². The molecule has 1 aromatic carbocycles. The molecule has 2 rings (SSSR count). The van der Waals surface area contributed by atoms with Gasteiger partial charge in [0.1, 0.15) is 5.69 Å². The Labute approximate surface area is 122 Å². The molecule has 0 saturated heterocycles. The third-order valence-electron chi connectivity index (χ3n) is 3.03. The van der Waals surface area contributed by atoms with Crippen LogP contribution in [0.4, 0.5) is 0 Å². The van der Waals surface area contributed by atoms with Crippen LogP contribution in [0.25, 0.3) is 0 Å². The molecule has 0 N–H and O–H groups in total. The molecular weight excluding hydrogens is 302 g/mol. The molecule has 98 valence electrons. The maximum absolute atomic E-state index is 12.2. The SMILES string of the molecule is CC(C)c1ccc(CC(=O)c2ncccc2Br)cc1. The third-order valence-corrected chi connectivity index (χ3v) is 3.67. The van der Waals surface area contributed by atoms with Crippen molar-refractivity contribution >= 4 is 21.7 Å². The Bertz CT molecular complexity index is 576. The average molecular weight is 318 g/mol. The number of carbonyl (C=O) groups excluding carboxylic acids is 1. The van der Waals surface area contributed by atoms with E-state index in [1.165, 1.54) is 5.56 Å². The van der Waals surface area contributed by atoms with Crippen molar-refractivity contribution in [2.75, 3.05) is 0 Å². The lowest BCUT2D eigenvalue weighted by molar-refractivity contribution is 0.0987. The summed E-state index contributed by atoms with van der Waals surface area (Å²) >= 11 is 3.36. The lowest BCUT2D eigenvalue weighted by atomic mass is 9.99. The van der Waals surface area contributed by atoms with Crippen molar-refractivity contribution in [3.05, 3.63) is 63.9 Å². The number of nitrogens with zero attached hydrogens (tertiary/aromatic N) is 1. The van der Waals surface area contributed by atoms with Crippen LogP contribution in [-0.4, -0.2) is 10.8 Å². The van der Waals surface area contributed by atoms with Gasteiger partial charge in [-0.3, -0.25) is 9.78 Å². The fraction of sp³-hybridized carbons (Fsp3) is 0.250. The van der Waals surface area contributed by atoms with Crippen molar-refractivity contribution in [3.8, 4) is 0 Å². The fourth-order valence-corrected chi connectivity index (χ4v) is 2.36. The van der Waals surface area contributed by atoms with E-state index in [1.54, 1.807) is 12.3 Å². The monoisotopic (exact) mass is 317 g/mol. The Balaban J connectivity index is 2.13. The van der Waals surface area contributed by atoms with Gasteiger partial charge in [-0.05, 0) is 45.1 Å². The normalized spacial score (nSPS) is 10.7. The predicted octanol–water partition coefficient (Wildman–Crippen LogP) is 4.39. The van der Waals surface area contributed by atoms with Crippen molar-refractivity contribution in [2.24, 2.45) is 0 Å². The molecule has 0 amide bonds. The number of hydrogen-bond acceptors (Lipinski definition) is 2. The number of Topliss-reactive ketones (excluding diaryl/α,β-unsaturated/α-hetero) is 1. The van der Waals surface area contributed by atoms with Gasteiger partial charge in [0.25, 0.3) is 0 Å². The quantitative estimate of drug-likeness (QED) is 0.783. The molecule has 19 heavy (non-hydrogen) atoms. The van der Waals surface area contributed by atoms with Crippen LogP contribution < -0.4 is 0 Å². The summed E-state index contributed by atoms with van der Waals surface area (Å²) in [6.45, 7) is 4.32. The summed E-state index contributed by atoms with van der Waals surface area (Å²) in [5, 5.41) is 0. The molecule has 0 aliphatic rings. The minimum absolute atomic E-state index is 0.0322. The van der Waals surface area contributed by atoms with E-state index >= 15 is 0 Å². The highest BCUT2D eigenvalue weighted by Crippen LogP contribution is 2.18. The number of ketones is 1. The number of halogens is 1. The lowest BCUT2D eigenvalue weighted by Gasteiger charge is -2.07. The molecule has 0 atom stereocenters. The summed E-state index contributed by atoms with van der Waals surface area (Å²) in [7, 11) is 0. The highest BCUT2D eigenvalue weighted by molar-refractivity contribution is 9.10. The lowest BCUT2D eigenvalue weighted by Crippen LogP contribution is -2.06. The Morgan fingerprint density at radius 3 is 2.47 bits per heavy atom. The first-order chi connectivity index (χ1) is 9.08. The fourth-order valence-electron chi connectivity index (χ4n) is 1.88. The second-order valence-electron chi connectivity index (χ2n) is 4.83. The molecule has 0 unspecified atom stereocenters. The highest BCUT2D eigenvalue weighted by Gasteiger charge is 2.12. The third kappa shape index (κ3) is 3.51. The highest BCUT2D eigenvalue weighted by atomic mass is 79.9. The van der Waals surface area contributed by atoms with Gasteiger partial charge in [-0.1, -0.05) is 38.1 Å². The number of pyridine rings is 1.